The number of nitrogens with zero attached hydrogens (tertiary/aromatic N) is 2. The number of ketones is 2. The lowest BCUT2D eigenvalue weighted by atomic mass is 9.99. The number of benzene rings is 4. The lowest BCUT2D eigenvalue weighted by molar-refractivity contribution is 0.103. The topological polar surface area (TPSA) is 125 Å². The molecule has 7 nitrogen and oxygen atoms in total. The minimum atomic E-state index is -0.202. The van der Waals surface area contributed by atoms with Crippen LogP contribution in [0, 0.1) is 0 Å². The van der Waals surface area contributed by atoms with Crippen LogP contribution < -0.4 is 11.5 Å². The number of hydrogen-bond acceptors (Lipinski definition) is 7. The SMILES string of the molecule is Nc1ccc(-c2nnc(-c3ccc(N)c(C(=O)c4ccccc4)c3)o2)cc1C(=O)c1ccccc1. The molecular formula is C28H20N4O3. The molecule has 35 heavy (non-hydrogen) atoms. The van der Waals surface area contributed by atoms with E-state index in [9.17, 15) is 9.59 Å². The number of carbonyl (C=O) groups is 2. The van der Waals surface area contributed by atoms with Crippen molar-refractivity contribution in [3.63, 3.8) is 0 Å². The summed E-state index contributed by atoms with van der Waals surface area (Å²) in [5.74, 6) is 0.0318. The summed E-state index contributed by atoms with van der Waals surface area (Å²) in [6, 6.07) is 27.7. The fraction of sp³-hybridized carbons (Fsp3) is 0. The van der Waals surface area contributed by atoms with Crippen LogP contribution in [0.15, 0.2) is 101 Å². The zero-order valence-corrected chi connectivity index (χ0v) is 18.5. The molecule has 0 saturated carbocycles. The van der Waals surface area contributed by atoms with Gasteiger partial charge >= 0.3 is 0 Å². The van der Waals surface area contributed by atoms with E-state index in [1.807, 2.05) is 12.1 Å². The first-order valence-electron chi connectivity index (χ1n) is 10.8. The second kappa shape index (κ2) is 9.07. The fourth-order valence-corrected chi connectivity index (χ4v) is 3.72. The molecule has 0 aliphatic carbocycles. The van der Waals surface area contributed by atoms with E-state index in [0.29, 0.717) is 44.8 Å². The Bertz CT molecular complexity index is 1430. The monoisotopic (exact) mass is 460 g/mol. The van der Waals surface area contributed by atoms with Crippen molar-refractivity contribution in [1.82, 2.24) is 10.2 Å². The predicted molar refractivity (Wildman–Crippen MR) is 134 cm³/mol. The maximum absolute atomic E-state index is 12.9. The van der Waals surface area contributed by atoms with Gasteiger partial charge in [-0.1, -0.05) is 60.7 Å². The minimum Gasteiger partial charge on any atom is -0.416 e. The van der Waals surface area contributed by atoms with Crippen molar-refractivity contribution >= 4 is 22.9 Å². The lowest BCUT2D eigenvalue weighted by Crippen LogP contribution is -2.05. The van der Waals surface area contributed by atoms with Gasteiger partial charge in [-0.05, 0) is 36.4 Å². The zero-order chi connectivity index (χ0) is 24.4. The molecule has 0 bridgehead atoms. The van der Waals surface area contributed by atoms with Gasteiger partial charge in [0.05, 0.1) is 0 Å². The summed E-state index contributed by atoms with van der Waals surface area (Å²) < 4.78 is 5.89. The van der Waals surface area contributed by atoms with Crippen molar-refractivity contribution in [2.24, 2.45) is 0 Å². The third kappa shape index (κ3) is 4.30. The molecule has 0 aliphatic rings. The second-order valence-corrected chi connectivity index (χ2v) is 7.91. The van der Waals surface area contributed by atoms with E-state index in [1.54, 1.807) is 84.9 Å². The number of anilines is 2. The van der Waals surface area contributed by atoms with E-state index >= 15 is 0 Å². The molecule has 0 radical (unpaired) electrons. The highest BCUT2D eigenvalue weighted by molar-refractivity contribution is 6.13. The van der Waals surface area contributed by atoms with Crippen LogP contribution in [0.3, 0.4) is 0 Å². The maximum Gasteiger partial charge on any atom is 0.248 e. The number of rotatable bonds is 6. The van der Waals surface area contributed by atoms with Crippen LogP contribution in [0.1, 0.15) is 31.8 Å². The number of aromatic nitrogens is 2. The first kappa shape index (κ1) is 21.8. The number of hydrogen-bond donors (Lipinski definition) is 2. The lowest BCUT2D eigenvalue weighted by Gasteiger charge is -2.07. The standard InChI is InChI=1S/C28H20N4O3/c29-23-13-11-19(15-21(23)25(33)17-7-3-1-4-8-17)27-31-32-28(35-27)20-12-14-24(30)22(16-20)26(34)18-9-5-2-6-10-18/h1-16H,29-30H2. The molecule has 0 fully saturated rings. The van der Waals surface area contributed by atoms with Gasteiger partial charge in [0, 0.05) is 44.8 Å². The Kier molecular flexibility index (Phi) is 5.65. The van der Waals surface area contributed by atoms with Gasteiger partial charge < -0.3 is 15.9 Å². The van der Waals surface area contributed by atoms with Gasteiger partial charge in [-0.15, -0.1) is 10.2 Å². The van der Waals surface area contributed by atoms with Gasteiger partial charge in [0.1, 0.15) is 0 Å². The molecule has 0 aliphatic heterocycles. The number of nitrogen functional groups attached to an aromatic ring is 2. The normalized spacial score (nSPS) is 10.7. The Labute approximate surface area is 201 Å². The maximum atomic E-state index is 12.9. The third-order valence-electron chi connectivity index (χ3n) is 5.59. The van der Waals surface area contributed by atoms with Gasteiger partial charge in [-0.2, -0.15) is 0 Å². The number of nitrogens with two attached hydrogens (primary N) is 2. The molecule has 170 valence electrons. The fourth-order valence-electron chi connectivity index (χ4n) is 3.72. The van der Waals surface area contributed by atoms with Crippen molar-refractivity contribution in [2.75, 3.05) is 11.5 Å². The van der Waals surface area contributed by atoms with Crippen molar-refractivity contribution in [3.8, 4) is 22.9 Å². The predicted octanol–water partition coefficient (Wildman–Crippen LogP) is 5.03. The average Bonchev–Trinajstić information content (AvgIpc) is 3.40. The van der Waals surface area contributed by atoms with E-state index in [1.165, 1.54) is 0 Å². The quantitative estimate of drug-likeness (QED) is 0.269. The molecular weight excluding hydrogens is 440 g/mol. The van der Waals surface area contributed by atoms with E-state index in [2.05, 4.69) is 10.2 Å². The van der Waals surface area contributed by atoms with Gasteiger partial charge in [0.25, 0.3) is 0 Å². The van der Waals surface area contributed by atoms with E-state index in [4.69, 9.17) is 15.9 Å². The molecule has 0 atom stereocenters. The van der Waals surface area contributed by atoms with Crippen LogP contribution in [0.4, 0.5) is 11.4 Å². The van der Waals surface area contributed by atoms with Crippen molar-refractivity contribution < 1.29 is 14.0 Å². The molecule has 5 aromatic rings. The van der Waals surface area contributed by atoms with E-state index < -0.39 is 0 Å². The summed E-state index contributed by atoms with van der Waals surface area (Å²) in [6.45, 7) is 0. The molecule has 4 aromatic carbocycles. The Morgan fingerprint density at radius 2 is 0.971 bits per heavy atom. The summed E-state index contributed by atoms with van der Waals surface area (Å²) in [6.07, 6.45) is 0. The van der Waals surface area contributed by atoms with Crippen LogP contribution in [-0.4, -0.2) is 21.8 Å². The van der Waals surface area contributed by atoms with Crippen molar-refractivity contribution in [2.45, 2.75) is 0 Å². The zero-order valence-electron chi connectivity index (χ0n) is 18.5. The Morgan fingerprint density at radius 1 is 0.571 bits per heavy atom. The average molecular weight is 460 g/mol. The Hall–Kier alpha value is -5.04. The summed E-state index contributed by atoms with van der Waals surface area (Å²) in [5.41, 5.74) is 15.7. The van der Waals surface area contributed by atoms with E-state index in [-0.39, 0.29) is 23.3 Å². The summed E-state index contributed by atoms with van der Waals surface area (Å²) in [7, 11) is 0. The summed E-state index contributed by atoms with van der Waals surface area (Å²) >= 11 is 0. The van der Waals surface area contributed by atoms with Crippen LogP contribution in [0.2, 0.25) is 0 Å². The molecule has 0 spiro atoms. The first-order chi connectivity index (χ1) is 17.0. The van der Waals surface area contributed by atoms with E-state index in [0.717, 1.165) is 0 Å². The smallest absolute Gasteiger partial charge is 0.248 e. The minimum absolute atomic E-state index is 0.202. The molecule has 1 heterocycles. The second-order valence-electron chi connectivity index (χ2n) is 7.91. The van der Waals surface area contributed by atoms with Gasteiger partial charge in [0.15, 0.2) is 11.6 Å². The van der Waals surface area contributed by atoms with Gasteiger partial charge in [-0.25, -0.2) is 0 Å². The molecule has 0 saturated heterocycles. The largest absolute Gasteiger partial charge is 0.416 e. The molecule has 4 N–H and O–H groups in total. The van der Waals surface area contributed by atoms with Crippen LogP contribution in [-0.2, 0) is 0 Å². The molecule has 0 unspecified atom stereocenters. The van der Waals surface area contributed by atoms with Crippen molar-refractivity contribution in [3.05, 3.63) is 119 Å². The Morgan fingerprint density at radius 3 is 1.37 bits per heavy atom. The molecule has 7 heteroatoms. The third-order valence-corrected chi connectivity index (χ3v) is 5.59. The first-order valence-corrected chi connectivity index (χ1v) is 10.8. The van der Waals surface area contributed by atoms with Gasteiger partial charge in [0.2, 0.25) is 11.8 Å². The highest BCUT2D eigenvalue weighted by Crippen LogP contribution is 2.29. The highest BCUT2D eigenvalue weighted by atomic mass is 16.4. The molecule has 5 rings (SSSR count). The van der Waals surface area contributed by atoms with Crippen LogP contribution in [0.25, 0.3) is 22.9 Å². The number of carbonyl (C=O) groups excluding carboxylic acids is 2. The van der Waals surface area contributed by atoms with Crippen LogP contribution in [0.5, 0.6) is 0 Å². The summed E-state index contributed by atoms with van der Waals surface area (Å²) in [4.78, 5) is 25.9. The van der Waals surface area contributed by atoms with Crippen molar-refractivity contribution in [1.29, 1.82) is 0 Å². The summed E-state index contributed by atoms with van der Waals surface area (Å²) in [5, 5.41) is 8.27. The Balaban J connectivity index is 1.47. The van der Waals surface area contributed by atoms with Crippen LogP contribution >= 0.6 is 0 Å². The highest BCUT2D eigenvalue weighted by Gasteiger charge is 2.18. The molecule has 0 amide bonds. The molecule has 1 aromatic heterocycles. The van der Waals surface area contributed by atoms with Gasteiger partial charge in [-0.3, -0.25) is 9.59 Å².